The Balaban J connectivity index is 3.15. The van der Waals surface area contributed by atoms with Crippen LogP contribution in [0.25, 0.3) is 0 Å². The van der Waals surface area contributed by atoms with E-state index in [1.54, 1.807) is 0 Å². The predicted molar refractivity (Wildman–Crippen MR) is 80.5 cm³/mol. The number of halogens is 2. The average Bonchev–Trinajstić information content (AvgIpc) is 2.01. The average molecular weight is 414 g/mol. The van der Waals surface area contributed by atoms with E-state index >= 15 is 0 Å². The summed E-state index contributed by atoms with van der Waals surface area (Å²) >= 11 is 4.97. The van der Waals surface area contributed by atoms with Crippen LogP contribution in [-0.4, -0.2) is 0 Å². The molecule has 0 aliphatic carbocycles. The van der Waals surface area contributed by atoms with Crippen LogP contribution >= 0.6 is 45.2 Å². The molecule has 0 aliphatic rings. The summed E-state index contributed by atoms with van der Waals surface area (Å²) in [6.45, 7) is 8.97. The molecule has 14 heavy (non-hydrogen) atoms. The van der Waals surface area contributed by atoms with Crippen LogP contribution in [0.4, 0.5) is 0 Å². The van der Waals surface area contributed by atoms with Crippen molar-refractivity contribution < 1.29 is 0 Å². The maximum Gasteiger partial charge on any atom is 0.0414 e. The smallest absolute Gasteiger partial charge is 0.0414 e. The van der Waals surface area contributed by atoms with Crippen LogP contribution in [0.3, 0.4) is 0 Å². The predicted octanol–water partition coefficient (Wildman–Crippen LogP) is 5.03. The maximum absolute atomic E-state index is 2.48. The Kier molecular flexibility index (Phi) is 3.89. The highest BCUT2D eigenvalue weighted by Gasteiger charge is 2.20. The molecule has 2 heteroatoms. The Morgan fingerprint density at radius 3 is 1.50 bits per heavy atom. The number of benzene rings is 1. The first-order chi connectivity index (χ1) is 6.21. The minimum Gasteiger partial charge on any atom is -0.0743 e. The van der Waals surface area contributed by atoms with Crippen LogP contribution in [-0.2, 0) is 6.84 Å². The topological polar surface area (TPSA) is 0 Å². The van der Waals surface area contributed by atoms with Gasteiger partial charge in [-0.25, -0.2) is 0 Å². The molecular weight excluding hydrogens is 398 g/mol. The molecule has 0 nitrogen and oxygen atoms in total. The van der Waals surface area contributed by atoms with Crippen LogP contribution in [0.2, 0.25) is 0 Å². The second kappa shape index (κ2) is 4.28. The minimum absolute atomic E-state index is 0.218. The lowest BCUT2D eigenvalue weighted by atomic mass is 9.96. The molecule has 0 atom stereocenters. The summed E-state index contributed by atoms with van der Waals surface area (Å²) in [6, 6.07) is 8.89. The number of hydrogen-bond acceptors (Lipinski definition) is 0. The van der Waals surface area contributed by atoms with Crippen LogP contribution in [0.5, 0.6) is 0 Å². The number of hydrogen-bond donors (Lipinski definition) is 0. The van der Waals surface area contributed by atoms with Gasteiger partial charge in [0.2, 0.25) is 0 Å². The SMILES string of the molecule is CC(C)(I)c1cccc(C(C)(C)I)c1. The number of rotatable bonds is 2. The van der Waals surface area contributed by atoms with E-state index in [0.717, 1.165) is 0 Å². The third-order valence-electron chi connectivity index (χ3n) is 2.24. The van der Waals surface area contributed by atoms with E-state index in [1.807, 2.05) is 0 Å². The Morgan fingerprint density at radius 2 is 1.21 bits per heavy atom. The van der Waals surface area contributed by atoms with Crippen molar-refractivity contribution >= 4 is 45.2 Å². The van der Waals surface area contributed by atoms with Crippen LogP contribution in [0.15, 0.2) is 24.3 Å². The van der Waals surface area contributed by atoms with Crippen molar-refractivity contribution in [3.63, 3.8) is 0 Å². The highest BCUT2D eigenvalue weighted by atomic mass is 127. The first kappa shape index (κ1) is 12.7. The highest BCUT2D eigenvalue weighted by Crippen LogP contribution is 2.35. The zero-order valence-corrected chi connectivity index (χ0v) is 13.4. The van der Waals surface area contributed by atoms with E-state index in [0.29, 0.717) is 0 Å². The molecule has 0 amide bonds. The van der Waals surface area contributed by atoms with Gasteiger partial charge in [-0.15, -0.1) is 0 Å². The molecule has 78 valence electrons. The van der Waals surface area contributed by atoms with E-state index in [9.17, 15) is 0 Å². The summed E-state index contributed by atoms with van der Waals surface area (Å²) in [4.78, 5) is 0. The molecule has 0 aromatic heterocycles. The monoisotopic (exact) mass is 414 g/mol. The van der Waals surface area contributed by atoms with Gasteiger partial charge in [0.15, 0.2) is 0 Å². The van der Waals surface area contributed by atoms with Gasteiger partial charge >= 0.3 is 0 Å². The van der Waals surface area contributed by atoms with E-state index in [2.05, 4.69) is 97.1 Å². The third-order valence-corrected chi connectivity index (χ3v) is 3.48. The molecule has 0 unspecified atom stereocenters. The van der Waals surface area contributed by atoms with Crippen molar-refractivity contribution in [3.05, 3.63) is 35.4 Å². The fourth-order valence-electron chi connectivity index (χ4n) is 1.26. The summed E-state index contributed by atoms with van der Waals surface area (Å²) < 4.78 is 0.436. The first-order valence-corrected chi connectivity index (χ1v) is 6.86. The molecule has 1 rings (SSSR count). The maximum atomic E-state index is 2.48. The molecule has 0 radical (unpaired) electrons. The molecule has 1 aromatic rings. The standard InChI is InChI=1S/C12H16I2/c1-11(2,13)9-6-5-7-10(8-9)12(3,4)14/h5-8H,1-4H3. The molecule has 0 aliphatic heterocycles. The third kappa shape index (κ3) is 3.36. The van der Waals surface area contributed by atoms with Gasteiger partial charge in [-0.3, -0.25) is 0 Å². The molecule has 0 heterocycles. The molecule has 0 saturated heterocycles. The van der Waals surface area contributed by atoms with Gasteiger partial charge in [0.1, 0.15) is 0 Å². The quantitative estimate of drug-likeness (QED) is 0.471. The van der Waals surface area contributed by atoms with Gasteiger partial charge in [-0.2, -0.15) is 0 Å². The van der Waals surface area contributed by atoms with Crippen LogP contribution in [0, 0.1) is 0 Å². The zero-order chi connectivity index (χ0) is 11.0. The van der Waals surface area contributed by atoms with E-state index in [1.165, 1.54) is 11.1 Å². The van der Waals surface area contributed by atoms with Crippen molar-refractivity contribution in [2.24, 2.45) is 0 Å². The van der Waals surface area contributed by atoms with Crippen molar-refractivity contribution in [2.45, 2.75) is 34.5 Å². The Morgan fingerprint density at radius 1 is 0.857 bits per heavy atom. The van der Waals surface area contributed by atoms with Gasteiger partial charge in [-0.1, -0.05) is 69.4 Å². The lowest BCUT2D eigenvalue weighted by molar-refractivity contribution is 0.795. The van der Waals surface area contributed by atoms with Crippen molar-refractivity contribution in [3.8, 4) is 0 Å². The lowest BCUT2D eigenvalue weighted by Crippen LogP contribution is -2.11. The van der Waals surface area contributed by atoms with Crippen LogP contribution in [0.1, 0.15) is 38.8 Å². The first-order valence-electron chi connectivity index (χ1n) is 4.70. The second-order valence-electron chi connectivity index (χ2n) is 4.53. The highest BCUT2D eigenvalue weighted by molar-refractivity contribution is 14.1. The Labute approximate surface area is 114 Å². The molecular formula is C12H16I2. The van der Waals surface area contributed by atoms with Crippen molar-refractivity contribution in [2.75, 3.05) is 0 Å². The van der Waals surface area contributed by atoms with E-state index in [-0.39, 0.29) is 6.84 Å². The van der Waals surface area contributed by atoms with Gasteiger partial charge in [0.05, 0.1) is 0 Å². The summed E-state index contributed by atoms with van der Waals surface area (Å²) in [5.74, 6) is 0. The summed E-state index contributed by atoms with van der Waals surface area (Å²) in [5.41, 5.74) is 2.81. The summed E-state index contributed by atoms with van der Waals surface area (Å²) in [6.07, 6.45) is 0. The second-order valence-corrected chi connectivity index (χ2v) is 9.92. The fraction of sp³-hybridized carbons (Fsp3) is 0.500. The van der Waals surface area contributed by atoms with Crippen molar-refractivity contribution in [1.82, 2.24) is 0 Å². The molecule has 0 bridgehead atoms. The molecule has 0 fully saturated rings. The van der Waals surface area contributed by atoms with Crippen LogP contribution < -0.4 is 0 Å². The van der Waals surface area contributed by atoms with Gasteiger partial charge in [-0.05, 0) is 38.8 Å². The number of alkyl halides is 2. The fourth-order valence-corrected chi connectivity index (χ4v) is 1.93. The van der Waals surface area contributed by atoms with Gasteiger partial charge in [0, 0.05) is 6.84 Å². The minimum atomic E-state index is 0.218. The molecule has 0 N–H and O–H groups in total. The molecule has 1 aromatic carbocycles. The Bertz CT molecular complexity index is 287. The van der Waals surface area contributed by atoms with E-state index in [4.69, 9.17) is 0 Å². The lowest BCUT2D eigenvalue weighted by Gasteiger charge is -2.22. The van der Waals surface area contributed by atoms with Crippen molar-refractivity contribution in [1.29, 1.82) is 0 Å². The molecule has 0 spiro atoms. The largest absolute Gasteiger partial charge is 0.0743 e. The van der Waals surface area contributed by atoms with E-state index < -0.39 is 0 Å². The Hall–Kier alpha value is 0.680. The summed E-state index contributed by atoms with van der Waals surface area (Å²) in [5, 5.41) is 0. The summed E-state index contributed by atoms with van der Waals surface area (Å²) in [7, 11) is 0. The van der Waals surface area contributed by atoms with Gasteiger partial charge < -0.3 is 0 Å². The zero-order valence-electron chi connectivity index (χ0n) is 9.07. The molecule has 0 saturated carbocycles. The normalized spacial score (nSPS) is 13.0. The van der Waals surface area contributed by atoms with Gasteiger partial charge in [0.25, 0.3) is 0 Å².